The minimum Gasteiger partial charge on any atom is -0.493 e. The summed E-state index contributed by atoms with van der Waals surface area (Å²) in [6.45, 7) is 7.63. The number of nitrogens with zero attached hydrogens (tertiary/aromatic N) is 1. The van der Waals surface area contributed by atoms with Crippen LogP contribution >= 0.6 is 11.3 Å². The molecule has 1 saturated heterocycles. The van der Waals surface area contributed by atoms with Gasteiger partial charge >= 0.3 is 0 Å². The first-order chi connectivity index (χ1) is 16.5. The molecule has 1 N–H and O–H groups in total. The van der Waals surface area contributed by atoms with E-state index in [0.717, 1.165) is 48.4 Å². The van der Waals surface area contributed by atoms with Crippen LogP contribution in [0.2, 0.25) is 0 Å². The minimum atomic E-state index is -0.0594. The van der Waals surface area contributed by atoms with Crippen LogP contribution < -0.4 is 14.8 Å². The molecule has 34 heavy (non-hydrogen) atoms. The van der Waals surface area contributed by atoms with Crippen molar-refractivity contribution in [2.24, 2.45) is 5.92 Å². The van der Waals surface area contributed by atoms with Crippen LogP contribution in [0.5, 0.6) is 11.5 Å². The monoisotopic (exact) mass is 484 g/mol. The Morgan fingerprint density at radius 1 is 1.26 bits per heavy atom. The second kappa shape index (κ2) is 11.1. The van der Waals surface area contributed by atoms with Crippen LogP contribution in [0.1, 0.15) is 46.5 Å². The van der Waals surface area contributed by atoms with Gasteiger partial charge in [-0.15, -0.1) is 11.3 Å². The first-order valence-electron chi connectivity index (χ1n) is 11.7. The molecule has 0 bridgehead atoms. The molecule has 2 amide bonds. The molecule has 1 atom stereocenters. The van der Waals surface area contributed by atoms with Gasteiger partial charge in [0, 0.05) is 25.6 Å². The Balaban J connectivity index is 1.53. The molecule has 1 unspecified atom stereocenters. The molecule has 2 fully saturated rings. The Morgan fingerprint density at radius 3 is 2.76 bits per heavy atom. The summed E-state index contributed by atoms with van der Waals surface area (Å²) in [6.07, 6.45) is 5.53. The SMILES string of the molecule is C=CCOc1ccc(CN(CC2CCCO2)C(=O)c2sc(NC(=O)C3CC3)cc2C)cc1OC. The lowest BCUT2D eigenvalue weighted by molar-refractivity contribution is -0.117. The summed E-state index contributed by atoms with van der Waals surface area (Å²) in [5.74, 6) is 1.35. The fraction of sp³-hybridized carbons (Fsp3) is 0.462. The third-order valence-corrected chi connectivity index (χ3v) is 7.14. The van der Waals surface area contributed by atoms with Crippen molar-refractivity contribution in [3.8, 4) is 11.5 Å². The maximum atomic E-state index is 13.7. The third-order valence-electron chi connectivity index (χ3n) is 6.00. The summed E-state index contributed by atoms with van der Waals surface area (Å²) < 4.78 is 17.0. The van der Waals surface area contributed by atoms with E-state index < -0.39 is 0 Å². The fourth-order valence-corrected chi connectivity index (χ4v) is 5.06. The zero-order chi connectivity index (χ0) is 24.1. The van der Waals surface area contributed by atoms with Crippen LogP contribution in [0.25, 0.3) is 0 Å². The number of amides is 2. The Hall–Kier alpha value is -2.84. The quantitative estimate of drug-likeness (QED) is 0.464. The van der Waals surface area contributed by atoms with Gasteiger partial charge < -0.3 is 24.4 Å². The molecule has 1 saturated carbocycles. The third kappa shape index (κ3) is 5.98. The van der Waals surface area contributed by atoms with Crippen molar-refractivity contribution >= 4 is 28.2 Å². The molecule has 2 aliphatic rings. The van der Waals surface area contributed by atoms with Crippen LogP contribution in [-0.2, 0) is 16.1 Å². The second-order valence-corrected chi connectivity index (χ2v) is 9.84. The summed E-state index contributed by atoms with van der Waals surface area (Å²) in [4.78, 5) is 28.3. The molecule has 7 nitrogen and oxygen atoms in total. The van der Waals surface area contributed by atoms with Gasteiger partial charge in [0.25, 0.3) is 5.91 Å². The number of hydrogen-bond acceptors (Lipinski definition) is 6. The highest BCUT2D eigenvalue weighted by Crippen LogP contribution is 2.34. The Kier molecular flexibility index (Phi) is 7.90. The van der Waals surface area contributed by atoms with Gasteiger partial charge in [-0.05, 0) is 61.9 Å². The smallest absolute Gasteiger partial charge is 0.264 e. The number of carbonyl (C=O) groups is 2. The highest BCUT2D eigenvalue weighted by Gasteiger charge is 2.31. The van der Waals surface area contributed by atoms with E-state index in [1.165, 1.54) is 11.3 Å². The molecule has 1 aliphatic heterocycles. The molecule has 182 valence electrons. The van der Waals surface area contributed by atoms with E-state index in [4.69, 9.17) is 14.2 Å². The summed E-state index contributed by atoms with van der Waals surface area (Å²) >= 11 is 1.34. The number of nitrogens with one attached hydrogen (secondary N) is 1. The molecular weight excluding hydrogens is 452 g/mol. The largest absolute Gasteiger partial charge is 0.493 e. The number of thiophene rings is 1. The number of benzene rings is 1. The number of anilines is 1. The summed E-state index contributed by atoms with van der Waals surface area (Å²) in [6, 6.07) is 7.58. The molecule has 0 radical (unpaired) electrons. The maximum Gasteiger partial charge on any atom is 0.264 e. The van der Waals surface area contributed by atoms with E-state index in [-0.39, 0.29) is 23.8 Å². The first-order valence-corrected chi connectivity index (χ1v) is 12.5. The van der Waals surface area contributed by atoms with Crippen molar-refractivity contribution in [2.75, 3.05) is 32.2 Å². The normalized spacial score (nSPS) is 17.3. The standard InChI is InChI=1S/C26H32N2O5S/c1-4-11-33-21-10-7-18(14-22(21)31-3)15-28(16-20-6-5-12-32-20)26(30)24-17(2)13-23(34-24)27-25(29)19-8-9-19/h4,7,10,13-14,19-20H,1,5-6,8-9,11-12,15-16H2,2-3H3,(H,27,29). The van der Waals surface area contributed by atoms with Crippen molar-refractivity contribution in [3.63, 3.8) is 0 Å². The van der Waals surface area contributed by atoms with E-state index in [9.17, 15) is 9.59 Å². The van der Waals surface area contributed by atoms with E-state index in [1.807, 2.05) is 36.1 Å². The summed E-state index contributed by atoms with van der Waals surface area (Å²) in [5, 5.41) is 3.69. The topological polar surface area (TPSA) is 77.1 Å². The van der Waals surface area contributed by atoms with Crippen molar-refractivity contribution in [1.29, 1.82) is 0 Å². The molecule has 8 heteroatoms. The molecule has 2 heterocycles. The van der Waals surface area contributed by atoms with Crippen molar-refractivity contribution in [1.82, 2.24) is 4.90 Å². The molecule has 1 aromatic carbocycles. The second-order valence-electron chi connectivity index (χ2n) is 8.79. The van der Waals surface area contributed by atoms with Gasteiger partial charge in [-0.25, -0.2) is 0 Å². The van der Waals surface area contributed by atoms with Gasteiger partial charge in [0.05, 0.1) is 23.1 Å². The van der Waals surface area contributed by atoms with E-state index >= 15 is 0 Å². The maximum absolute atomic E-state index is 13.7. The summed E-state index contributed by atoms with van der Waals surface area (Å²) in [7, 11) is 1.60. The number of methoxy groups -OCH3 is 1. The van der Waals surface area contributed by atoms with Gasteiger partial charge in [0.1, 0.15) is 6.61 Å². The molecule has 4 rings (SSSR count). The van der Waals surface area contributed by atoms with Crippen molar-refractivity contribution in [2.45, 2.75) is 45.3 Å². The zero-order valence-corrected chi connectivity index (χ0v) is 20.6. The first kappa shape index (κ1) is 24.3. The predicted octanol–water partition coefficient (Wildman–Crippen LogP) is 4.80. The van der Waals surface area contributed by atoms with Crippen molar-refractivity contribution < 1.29 is 23.8 Å². The zero-order valence-electron chi connectivity index (χ0n) is 19.8. The summed E-state index contributed by atoms with van der Waals surface area (Å²) in [5.41, 5.74) is 1.80. The van der Waals surface area contributed by atoms with Gasteiger partial charge in [0.2, 0.25) is 5.91 Å². The molecule has 1 aromatic heterocycles. The number of hydrogen-bond donors (Lipinski definition) is 1. The molecule has 0 spiro atoms. The van der Waals surface area contributed by atoms with Gasteiger partial charge in [-0.2, -0.15) is 0 Å². The average Bonchev–Trinajstić information content (AvgIpc) is 3.45. The van der Waals surface area contributed by atoms with E-state index in [0.29, 0.717) is 36.1 Å². The average molecular weight is 485 g/mol. The number of aryl methyl sites for hydroxylation is 1. The van der Waals surface area contributed by atoms with Crippen LogP contribution in [0.4, 0.5) is 5.00 Å². The number of ether oxygens (including phenoxy) is 3. The highest BCUT2D eigenvalue weighted by atomic mass is 32.1. The Morgan fingerprint density at radius 2 is 2.09 bits per heavy atom. The Bertz CT molecular complexity index is 1040. The van der Waals surface area contributed by atoms with Crippen LogP contribution in [0.15, 0.2) is 36.9 Å². The fourth-order valence-electron chi connectivity index (χ4n) is 4.02. The van der Waals surface area contributed by atoms with Crippen LogP contribution in [0, 0.1) is 12.8 Å². The number of rotatable bonds is 11. The van der Waals surface area contributed by atoms with Crippen LogP contribution in [-0.4, -0.2) is 49.7 Å². The highest BCUT2D eigenvalue weighted by molar-refractivity contribution is 7.18. The Labute approximate surface area is 204 Å². The molecule has 1 aliphatic carbocycles. The number of carbonyl (C=O) groups excluding carboxylic acids is 2. The van der Waals surface area contributed by atoms with E-state index in [2.05, 4.69) is 11.9 Å². The minimum absolute atomic E-state index is 0.0235. The van der Waals surface area contributed by atoms with Crippen LogP contribution in [0.3, 0.4) is 0 Å². The predicted molar refractivity (Wildman–Crippen MR) is 133 cm³/mol. The van der Waals surface area contributed by atoms with E-state index in [1.54, 1.807) is 13.2 Å². The lowest BCUT2D eigenvalue weighted by Crippen LogP contribution is -2.36. The lowest BCUT2D eigenvalue weighted by Gasteiger charge is -2.26. The molecular formula is C26H32N2O5S. The molecule has 2 aromatic rings. The van der Waals surface area contributed by atoms with Gasteiger partial charge in [-0.3, -0.25) is 9.59 Å². The van der Waals surface area contributed by atoms with Gasteiger partial charge in [-0.1, -0.05) is 18.7 Å². The van der Waals surface area contributed by atoms with Gasteiger partial charge in [0.15, 0.2) is 11.5 Å². The van der Waals surface area contributed by atoms with Crippen molar-refractivity contribution in [3.05, 3.63) is 52.9 Å². The lowest BCUT2D eigenvalue weighted by atomic mass is 10.1.